The summed E-state index contributed by atoms with van der Waals surface area (Å²) in [5, 5.41) is 3.29. The first-order chi connectivity index (χ1) is 13.6. The lowest BCUT2D eigenvalue weighted by Gasteiger charge is -2.28. The number of carbonyl (C=O) groups is 1. The van der Waals surface area contributed by atoms with Gasteiger partial charge in [-0.2, -0.15) is 0 Å². The molecular weight excluding hydrogens is 416 g/mol. The van der Waals surface area contributed by atoms with Crippen molar-refractivity contribution in [2.75, 3.05) is 30.8 Å². The smallest absolute Gasteiger partial charge is 0.243 e. The molecule has 2 aromatic carbocycles. The molecule has 0 saturated carbocycles. The van der Waals surface area contributed by atoms with Crippen LogP contribution in [-0.2, 0) is 14.8 Å². The van der Waals surface area contributed by atoms with E-state index >= 15 is 0 Å². The van der Waals surface area contributed by atoms with Gasteiger partial charge in [0.2, 0.25) is 15.9 Å². The molecule has 0 aliphatic heterocycles. The largest absolute Gasteiger partial charge is 0.497 e. The first-order valence-corrected chi connectivity index (χ1v) is 11.2. The van der Waals surface area contributed by atoms with Gasteiger partial charge in [-0.05, 0) is 43.7 Å². The number of hydrogen-bond acceptors (Lipinski definition) is 5. The maximum Gasteiger partial charge on any atom is 0.243 e. The Labute approximate surface area is 176 Å². The van der Waals surface area contributed by atoms with Crippen LogP contribution < -0.4 is 19.1 Å². The average Bonchev–Trinajstić information content (AvgIpc) is 2.66. The number of rotatable bonds is 9. The summed E-state index contributed by atoms with van der Waals surface area (Å²) in [6, 6.07) is 10.9. The van der Waals surface area contributed by atoms with Crippen molar-refractivity contribution in [2.45, 2.75) is 19.9 Å². The molecule has 9 heteroatoms. The molecule has 7 nitrogen and oxygen atoms in total. The number of nitrogens with one attached hydrogen (secondary N) is 1. The molecule has 1 atom stereocenters. The molecule has 1 amide bonds. The van der Waals surface area contributed by atoms with Crippen LogP contribution in [0.5, 0.6) is 11.5 Å². The topological polar surface area (TPSA) is 84.9 Å². The number of ether oxygens (including phenoxy) is 2. The Balaban J connectivity index is 2.00. The number of methoxy groups -OCH3 is 1. The Morgan fingerprint density at radius 1 is 1.21 bits per heavy atom. The number of halogens is 1. The number of sulfonamides is 1. The minimum absolute atomic E-state index is 0.213. The zero-order chi connectivity index (χ0) is 21.6. The summed E-state index contributed by atoms with van der Waals surface area (Å²) in [4.78, 5) is 12.5. The molecule has 1 N–H and O–H groups in total. The highest BCUT2D eigenvalue weighted by molar-refractivity contribution is 7.92. The van der Waals surface area contributed by atoms with Crippen LogP contribution in [0.4, 0.5) is 5.69 Å². The van der Waals surface area contributed by atoms with E-state index in [0.29, 0.717) is 22.2 Å². The van der Waals surface area contributed by atoms with Gasteiger partial charge in [0.15, 0.2) is 0 Å². The third kappa shape index (κ3) is 6.27. The van der Waals surface area contributed by atoms with E-state index in [1.165, 1.54) is 14.0 Å². The van der Waals surface area contributed by atoms with Crippen molar-refractivity contribution in [1.29, 1.82) is 0 Å². The molecule has 2 rings (SSSR count). The number of hydrogen-bond donors (Lipinski definition) is 1. The van der Waals surface area contributed by atoms with Crippen LogP contribution in [0.1, 0.15) is 12.5 Å². The van der Waals surface area contributed by atoms with Crippen molar-refractivity contribution in [3.63, 3.8) is 0 Å². The molecule has 0 aromatic heterocycles. The molecule has 0 fully saturated rings. The first kappa shape index (κ1) is 22.8. The van der Waals surface area contributed by atoms with Gasteiger partial charge in [-0.1, -0.05) is 23.7 Å². The summed E-state index contributed by atoms with van der Waals surface area (Å²) in [7, 11) is -2.21. The van der Waals surface area contributed by atoms with Crippen LogP contribution in [0.2, 0.25) is 5.02 Å². The van der Waals surface area contributed by atoms with Crippen molar-refractivity contribution >= 4 is 33.2 Å². The third-order valence-corrected chi connectivity index (χ3v) is 5.86. The molecule has 29 heavy (non-hydrogen) atoms. The van der Waals surface area contributed by atoms with Gasteiger partial charge >= 0.3 is 0 Å². The second-order valence-electron chi connectivity index (χ2n) is 6.49. The van der Waals surface area contributed by atoms with Crippen molar-refractivity contribution in [2.24, 2.45) is 0 Å². The minimum atomic E-state index is -3.70. The third-order valence-electron chi connectivity index (χ3n) is 4.21. The van der Waals surface area contributed by atoms with Gasteiger partial charge in [-0.3, -0.25) is 9.10 Å². The van der Waals surface area contributed by atoms with Crippen molar-refractivity contribution < 1.29 is 22.7 Å². The molecule has 0 radical (unpaired) electrons. The van der Waals surface area contributed by atoms with Gasteiger partial charge in [0.05, 0.1) is 25.6 Å². The molecule has 0 spiro atoms. The molecular formula is C20H25ClN2O5S. The number of anilines is 1. The van der Waals surface area contributed by atoms with E-state index in [9.17, 15) is 13.2 Å². The fraction of sp³-hybridized carbons (Fsp3) is 0.350. The van der Waals surface area contributed by atoms with Crippen LogP contribution in [0.15, 0.2) is 42.5 Å². The van der Waals surface area contributed by atoms with Crippen molar-refractivity contribution in [3.8, 4) is 11.5 Å². The quantitative estimate of drug-likeness (QED) is 0.606. The summed E-state index contributed by atoms with van der Waals surface area (Å²) >= 11 is 6.05. The van der Waals surface area contributed by atoms with Gasteiger partial charge in [0.25, 0.3) is 0 Å². The summed E-state index contributed by atoms with van der Waals surface area (Å²) in [5.74, 6) is 0.648. The van der Waals surface area contributed by atoms with Gasteiger partial charge in [-0.25, -0.2) is 8.42 Å². The lowest BCUT2D eigenvalue weighted by molar-refractivity contribution is -0.121. The molecule has 2 aromatic rings. The first-order valence-electron chi connectivity index (χ1n) is 8.93. The molecule has 0 saturated heterocycles. The second-order valence-corrected chi connectivity index (χ2v) is 8.75. The monoisotopic (exact) mass is 440 g/mol. The predicted octanol–water partition coefficient (Wildman–Crippen LogP) is 3.01. The number of nitrogens with zero attached hydrogens (tertiary/aromatic N) is 1. The second kappa shape index (κ2) is 9.84. The highest BCUT2D eigenvalue weighted by Crippen LogP contribution is 2.25. The van der Waals surface area contributed by atoms with E-state index in [0.717, 1.165) is 16.1 Å². The van der Waals surface area contributed by atoms with Crippen LogP contribution >= 0.6 is 11.6 Å². The lowest BCUT2D eigenvalue weighted by Crippen LogP contribution is -2.48. The highest BCUT2D eigenvalue weighted by Gasteiger charge is 2.29. The zero-order valence-electron chi connectivity index (χ0n) is 16.8. The molecule has 0 aliphatic rings. The Kier molecular flexibility index (Phi) is 7.75. The Morgan fingerprint density at radius 2 is 1.93 bits per heavy atom. The van der Waals surface area contributed by atoms with E-state index in [4.69, 9.17) is 21.1 Å². The van der Waals surface area contributed by atoms with E-state index in [-0.39, 0.29) is 13.2 Å². The Bertz CT molecular complexity index is 965. The van der Waals surface area contributed by atoms with E-state index in [2.05, 4.69) is 5.32 Å². The van der Waals surface area contributed by atoms with E-state index < -0.39 is 22.0 Å². The van der Waals surface area contributed by atoms with Gasteiger partial charge < -0.3 is 14.8 Å². The Morgan fingerprint density at radius 3 is 2.55 bits per heavy atom. The summed E-state index contributed by atoms with van der Waals surface area (Å²) in [5.41, 5.74) is 1.29. The molecule has 0 aliphatic carbocycles. The van der Waals surface area contributed by atoms with E-state index in [1.54, 1.807) is 36.4 Å². The standard InChI is InChI=1S/C20H25ClN2O5S/c1-14-8-9-18(13-19(14)21)28-11-10-22-20(24)15(2)23(29(4,25)26)16-6-5-7-17(12-16)27-3/h5-9,12-13,15H,10-11H2,1-4H3,(H,22,24)/t15-/m1/s1. The summed E-state index contributed by atoms with van der Waals surface area (Å²) in [6.07, 6.45) is 1.06. The van der Waals surface area contributed by atoms with Crippen molar-refractivity contribution in [1.82, 2.24) is 5.32 Å². The zero-order valence-corrected chi connectivity index (χ0v) is 18.4. The van der Waals surface area contributed by atoms with Crippen LogP contribution in [0.25, 0.3) is 0 Å². The normalized spacial score (nSPS) is 12.2. The number of benzene rings is 2. The summed E-state index contributed by atoms with van der Waals surface area (Å²) < 4.78 is 36.4. The van der Waals surface area contributed by atoms with E-state index in [1.807, 2.05) is 13.0 Å². The number of carbonyl (C=O) groups excluding carboxylic acids is 1. The fourth-order valence-electron chi connectivity index (χ4n) is 2.71. The van der Waals surface area contributed by atoms with Crippen LogP contribution in [-0.4, -0.2) is 46.9 Å². The number of aryl methyl sites for hydroxylation is 1. The maximum atomic E-state index is 12.5. The fourth-order valence-corrected chi connectivity index (χ4v) is 4.05. The molecule has 0 heterocycles. The minimum Gasteiger partial charge on any atom is -0.497 e. The summed E-state index contributed by atoms with van der Waals surface area (Å²) in [6.45, 7) is 3.85. The van der Waals surface area contributed by atoms with Crippen LogP contribution in [0.3, 0.4) is 0 Å². The maximum absolute atomic E-state index is 12.5. The van der Waals surface area contributed by atoms with Gasteiger partial charge in [-0.15, -0.1) is 0 Å². The van der Waals surface area contributed by atoms with Gasteiger partial charge in [0, 0.05) is 11.1 Å². The molecule has 0 unspecified atom stereocenters. The lowest BCUT2D eigenvalue weighted by atomic mass is 10.2. The number of amides is 1. The average molecular weight is 441 g/mol. The van der Waals surface area contributed by atoms with Gasteiger partial charge in [0.1, 0.15) is 24.1 Å². The highest BCUT2D eigenvalue weighted by atomic mass is 35.5. The SMILES string of the molecule is COc1cccc(N([C@H](C)C(=O)NCCOc2ccc(C)c(Cl)c2)S(C)(=O)=O)c1. The molecule has 158 valence electrons. The van der Waals surface area contributed by atoms with Crippen molar-refractivity contribution in [3.05, 3.63) is 53.1 Å². The molecule has 0 bridgehead atoms. The predicted molar refractivity (Wildman–Crippen MR) is 114 cm³/mol. The van der Waals surface area contributed by atoms with Crippen LogP contribution in [0, 0.1) is 6.92 Å². The Hall–Kier alpha value is -2.45.